The number of halogens is 1. The van der Waals surface area contributed by atoms with Crippen molar-refractivity contribution in [3.05, 3.63) is 88.2 Å². The molecule has 5 nitrogen and oxygen atoms in total. The van der Waals surface area contributed by atoms with E-state index < -0.39 is 17.1 Å². The molecule has 5 rings (SSSR count). The van der Waals surface area contributed by atoms with Gasteiger partial charge < -0.3 is 19.4 Å². The van der Waals surface area contributed by atoms with Crippen LogP contribution in [0.3, 0.4) is 0 Å². The van der Waals surface area contributed by atoms with Gasteiger partial charge in [0.2, 0.25) is 0 Å². The Labute approximate surface area is 182 Å². The van der Waals surface area contributed by atoms with Crippen LogP contribution in [0.1, 0.15) is 29.0 Å². The van der Waals surface area contributed by atoms with Crippen molar-refractivity contribution in [1.29, 1.82) is 0 Å². The third-order valence-electron chi connectivity index (χ3n) is 6.47. The molecule has 4 atom stereocenters. The van der Waals surface area contributed by atoms with Crippen LogP contribution in [0.4, 0.5) is 0 Å². The van der Waals surface area contributed by atoms with Crippen LogP contribution < -0.4 is 9.47 Å². The molecule has 30 heavy (non-hydrogen) atoms. The van der Waals surface area contributed by atoms with Crippen LogP contribution >= 0.6 is 15.9 Å². The lowest BCUT2D eigenvalue weighted by Gasteiger charge is -2.41. The van der Waals surface area contributed by atoms with Gasteiger partial charge in [0, 0.05) is 10.4 Å². The number of carbonyl (C=O) groups excluding carboxylic acids is 1. The van der Waals surface area contributed by atoms with Gasteiger partial charge in [0.1, 0.15) is 17.8 Å². The van der Waals surface area contributed by atoms with Crippen LogP contribution in [0.5, 0.6) is 11.5 Å². The summed E-state index contributed by atoms with van der Waals surface area (Å²) in [5.41, 5.74) is -0.516. The number of pyridine rings is 1. The fourth-order valence-corrected chi connectivity index (χ4v) is 5.51. The van der Waals surface area contributed by atoms with E-state index in [-0.39, 0.29) is 5.92 Å². The fraction of sp³-hybridized carbons (Fsp3) is 0.250. The number of rotatable bonds is 4. The summed E-state index contributed by atoms with van der Waals surface area (Å²) in [5.74, 6) is -0.0807. The number of nitrogens with zero attached hydrogens (tertiary/aromatic N) is 1. The van der Waals surface area contributed by atoms with Gasteiger partial charge in [-0.2, -0.15) is 0 Å². The molecule has 0 amide bonds. The van der Waals surface area contributed by atoms with Crippen molar-refractivity contribution < 1.29 is 19.4 Å². The van der Waals surface area contributed by atoms with Crippen molar-refractivity contribution >= 4 is 22.2 Å². The highest BCUT2D eigenvalue weighted by Gasteiger charge is 2.73. The molecule has 1 aliphatic heterocycles. The molecular formula is C24H20BrNO4. The molecule has 0 spiro atoms. The summed E-state index contributed by atoms with van der Waals surface area (Å²) in [4.78, 5) is 16.5. The van der Waals surface area contributed by atoms with Gasteiger partial charge in [0.25, 0.3) is 0 Å². The van der Waals surface area contributed by atoms with E-state index in [9.17, 15) is 9.90 Å². The summed E-state index contributed by atoms with van der Waals surface area (Å²) in [6.07, 6.45) is 4.42. The lowest BCUT2D eigenvalue weighted by molar-refractivity contribution is -0.141. The van der Waals surface area contributed by atoms with Gasteiger partial charge in [-0.05, 0) is 29.7 Å². The second kappa shape index (κ2) is 6.93. The van der Waals surface area contributed by atoms with Crippen molar-refractivity contribution in [2.24, 2.45) is 5.92 Å². The number of carbonyl (C=O) groups is 1. The van der Waals surface area contributed by atoms with Gasteiger partial charge in [-0.3, -0.25) is 4.98 Å². The van der Waals surface area contributed by atoms with Gasteiger partial charge in [0.05, 0.1) is 31.0 Å². The minimum absolute atomic E-state index is 0.253. The first-order valence-electron chi connectivity index (χ1n) is 9.76. The molecular weight excluding hydrogens is 446 g/mol. The number of hydrogen-bond donors (Lipinski definition) is 1. The number of aliphatic hydroxyl groups is 1. The van der Waals surface area contributed by atoms with Crippen LogP contribution in [0, 0.1) is 5.92 Å². The summed E-state index contributed by atoms with van der Waals surface area (Å²) in [6.45, 7) is 0. The maximum atomic E-state index is 12.4. The number of fused-ring (bicyclic) bond motifs is 3. The fourth-order valence-electron chi connectivity index (χ4n) is 5.24. The van der Waals surface area contributed by atoms with E-state index in [2.05, 4.69) is 20.9 Å². The van der Waals surface area contributed by atoms with E-state index in [1.54, 1.807) is 12.4 Å². The number of aldehydes is 1. The van der Waals surface area contributed by atoms with E-state index in [0.717, 1.165) is 21.9 Å². The first kappa shape index (κ1) is 19.3. The van der Waals surface area contributed by atoms with E-state index in [1.807, 2.05) is 54.6 Å². The largest absolute Gasteiger partial charge is 0.495 e. The highest BCUT2D eigenvalue weighted by atomic mass is 79.9. The third-order valence-corrected chi connectivity index (χ3v) is 7.00. The highest BCUT2D eigenvalue weighted by Crippen LogP contribution is 2.69. The Kier molecular flexibility index (Phi) is 4.45. The number of hydrogen-bond acceptors (Lipinski definition) is 5. The molecule has 1 saturated carbocycles. The molecule has 0 saturated heterocycles. The summed E-state index contributed by atoms with van der Waals surface area (Å²) in [7, 11) is 1.53. The van der Waals surface area contributed by atoms with Gasteiger partial charge in [-0.25, -0.2) is 0 Å². The molecule has 3 aromatic rings. The number of methoxy groups -OCH3 is 1. The van der Waals surface area contributed by atoms with Crippen LogP contribution in [0.25, 0.3) is 0 Å². The topological polar surface area (TPSA) is 68.7 Å². The molecule has 2 aromatic carbocycles. The van der Waals surface area contributed by atoms with Crippen LogP contribution in [0.15, 0.2) is 71.5 Å². The van der Waals surface area contributed by atoms with Crippen molar-refractivity contribution in [2.75, 3.05) is 7.11 Å². The lowest BCUT2D eigenvalue weighted by atomic mass is 9.70. The van der Waals surface area contributed by atoms with Gasteiger partial charge in [0.15, 0.2) is 11.2 Å². The quantitative estimate of drug-likeness (QED) is 0.580. The Morgan fingerprint density at radius 2 is 1.90 bits per heavy atom. The number of benzene rings is 2. The Bertz CT molecular complexity index is 1100. The molecule has 2 heterocycles. The van der Waals surface area contributed by atoms with Crippen molar-refractivity contribution in [2.45, 2.75) is 23.5 Å². The maximum Gasteiger partial charge on any atom is 0.174 e. The first-order valence-corrected chi connectivity index (χ1v) is 10.6. The zero-order valence-corrected chi connectivity index (χ0v) is 17.9. The zero-order chi connectivity index (χ0) is 20.9. The van der Waals surface area contributed by atoms with Crippen LogP contribution in [-0.4, -0.2) is 23.5 Å². The second-order valence-corrected chi connectivity index (χ2v) is 8.68. The van der Waals surface area contributed by atoms with E-state index in [4.69, 9.17) is 9.47 Å². The Morgan fingerprint density at radius 3 is 2.57 bits per heavy atom. The predicted octanol–water partition coefficient (Wildman–Crippen LogP) is 4.33. The number of aromatic nitrogens is 1. The standard InChI is InChI=1S/C24H20BrNO4/c1-29-20-12-26-13-21-22(20)23(28)17(14-27)11-19(15-5-3-2-4-6-15)24(23,30-21)16-7-9-18(25)10-8-16/h2-10,12-14,17,19,28H,11H2,1H3/t17?,19-,23+,24-/m0/s1. The molecule has 6 heteroatoms. The minimum Gasteiger partial charge on any atom is -0.495 e. The highest BCUT2D eigenvalue weighted by molar-refractivity contribution is 9.10. The molecule has 1 aromatic heterocycles. The minimum atomic E-state index is -1.60. The van der Waals surface area contributed by atoms with Crippen molar-refractivity contribution in [3.8, 4) is 11.5 Å². The smallest absolute Gasteiger partial charge is 0.174 e. The molecule has 1 aliphatic carbocycles. The Morgan fingerprint density at radius 1 is 1.17 bits per heavy atom. The first-order chi connectivity index (χ1) is 14.6. The lowest BCUT2D eigenvalue weighted by Crippen LogP contribution is -2.50. The number of ether oxygens (including phenoxy) is 2. The molecule has 152 valence electrons. The van der Waals surface area contributed by atoms with Crippen LogP contribution in [0.2, 0.25) is 0 Å². The summed E-state index contributed by atoms with van der Waals surface area (Å²) in [5, 5.41) is 12.4. The second-order valence-electron chi connectivity index (χ2n) is 7.77. The molecule has 0 bridgehead atoms. The zero-order valence-electron chi connectivity index (χ0n) is 16.3. The average Bonchev–Trinajstić information content (AvgIpc) is 3.19. The normalized spacial score (nSPS) is 29.0. The average molecular weight is 466 g/mol. The maximum absolute atomic E-state index is 12.4. The summed E-state index contributed by atoms with van der Waals surface area (Å²) in [6, 6.07) is 17.6. The van der Waals surface area contributed by atoms with Crippen molar-refractivity contribution in [1.82, 2.24) is 4.98 Å². The molecule has 0 radical (unpaired) electrons. The SMILES string of the molecule is COc1cncc2c1[C@]1(O)C(C=O)C[C@@H](c3ccccc3)[C@]1(c1ccc(Br)cc1)O2. The molecule has 2 aliphatic rings. The third kappa shape index (κ3) is 2.38. The van der Waals surface area contributed by atoms with Crippen LogP contribution in [-0.2, 0) is 16.0 Å². The Hall–Kier alpha value is -2.70. The van der Waals surface area contributed by atoms with E-state index in [1.165, 1.54) is 7.11 Å². The Balaban J connectivity index is 1.84. The van der Waals surface area contributed by atoms with Gasteiger partial charge in [-0.1, -0.05) is 58.4 Å². The molecule has 1 N–H and O–H groups in total. The summed E-state index contributed by atoms with van der Waals surface area (Å²) < 4.78 is 13.1. The van der Waals surface area contributed by atoms with Crippen molar-refractivity contribution in [3.63, 3.8) is 0 Å². The van der Waals surface area contributed by atoms with E-state index >= 15 is 0 Å². The summed E-state index contributed by atoms with van der Waals surface area (Å²) >= 11 is 3.48. The monoisotopic (exact) mass is 465 g/mol. The molecule has 1 unspecified atom stereocenters. The predicted molar refractivity (Wildman–Crippen MR) is 114 cm³/mol. The van der Waals surface area contributed by atoms with E-state index in [0.29, 0.717) is 23.5 Å². The van der Waals surface area contributed by atoms with Gasteiger partial charge in [-0.15, -0.1) is 0 Å². The molecule has 1 fully saturated rings. The van der Waals surface area contributed by atoms with Gasteiger partial charge >= 0.3 is 0 Å².